The molecular formula is C25H21ClN2O3. The van der Waals surface area contributed by atoms with Gasteiger partial charge in [-0.1, -0.05) is 35.9 Å². The smallest absolute Gasteiger partial charge is 0.282 e. The maximum Gasteiger partial charge on any atom is 0.282 e. The summed E-state index contributed by atoms with van der Waals surface area (Å²) >= 11 is 6.03. The van der Waals surface area contributed by atoms with Crippen molar-refractivity contribution in [2.24, 2.45) is 0 Å². The maximum atomic E-state index is 13.5. The Kier molecular flexibility index (Phi) is 5.53. The fourth-order valence-electron chi connectivity index (χ4n) is 3.47. The Hall–Kier alpha value is -3.57. The number of halogens is 1. The Morgan fingerprint density at radius 2 is 1.61 bits per heavy atom. The van der Waals surface area contributed by atoms with Crippen molar-refractivity contribution in [3.05, 3.63) is 94.1 Å². The molecule has 0 unspecified atom stereocenters. The van der Waals surface area contributed by atoms with Crippen LogP contribution in [0.25, 0.3) is 5.57 Å². The van der Waals surface area contributed by atoms with Crippen molar-refractivity contribution in [2.45, 2.75) is 13.8 Å². The van der Waals surface area contributed by atoms with Crippen LogP contribution in [0.2, 0.25) is 5.02 Å². The molecule has 4 rings (SSSR count). The van der Waals surface area contributed by atoms with Crippen molar-refractivity contribution in [3.63, 3.8) is 0 Å². The van der Waals surface area contributed by atoms with Crippen LogP contribution in [-0.2, 0) is 9.59 Å². The molecule has 0 saturated carbocycles. The first kappa shape index (κ1) is 20.7. The first-order valence-corrected chi connectivity index (χ1v) is 10.1. The van der Waals surface area contributed by atoms with Crippen molar-refractivity contribution in [1.29, 1.82) is 0 Å². The number of nitrogens with zero attached hydrogens (tertiary/aromatic N) is 1. The number of benzene rings is 3. The molecule has 3 aromatic rings. The third-order valence-corrected chi connectivity index (χ3v) is 5.56. The van der Waals surface area contributed by atoms with Crippen molar-refractivity contribution in [2.75, 3.05) is 17.3 Å². The summed E-state index contributed by atoms with van der Waals surface area (Å²) in [6.07, 6.45) is 0. The van der Waals surface area contributed by atoms with Crippen LogP contribution in [0, 0.1) is 13.8 Å². The predicted octanol–water partition coefficient (Wildman–Crippen LogP) is 5.36. The number of amides is 2. The Balaban J connectivity index is 1.82. The Morgan fingerprint density at radius 1 is 0.871 bits per heavy atom. The summed E-state index contributed by atoms with van der Waals surface area (Å²) in [5, 5.41) is 3.69. The number of rotatable bonds is 5. The lowest BCUT2D eigenvalue weighted by Gasteiger charge is -2.17. The lowest BCUT2D eigenvalue weighted by atomic mass is 10.0. The van der Waals surface area contributed by atoms with Gasteiger partial charge in [-0.3, -0.25) is 9.59 Å². The molecule has 5 nitrogen and oxygen atoms in total. The maximum absolute atomic E-state index is 13.5. The van der Waals surface area contributed by atoms with Crippen LogP contribution in [-0.4, -0.2) is 18.9 Å². The molecule has 1 N–H and O–H groups in total. The monoisotopic (exact) mass is 432 g/mol. The van der Waals surface area contributed by atoms with E-state index in [1.165, 1.54) is 4.90 Å². The average Bonchev–Trinajstić information content (AvgIpc) is 3.00. The van der Waals surface area contributed by atoms with Gasteiger partial charge in [0.1, 0.15) is 11.4 Å². The van der Waals surface area contributed by atoms with Crippen LogP contribution < -0.4 is 15.0 Å². The van der Waals surface area contributed by atoms with Gasteiger partial charge in [0, 0.05) is 16.8 Å². The summed E-state index contributed by atoms with van der Waals surface area (Å²) in [4.78, 5) is 28.1. The van der Waals surface area contributed by atoms with E-state index in [0.717, 1.165) is 11.1 Å². The van der Waals surface area contributed by atoms with E-state index in [-0.39, 0.29) is 11.6 Å². The number of ether oxygens (including phenoxy) is 1. The third-order valence-electron chi connectivity index (χ3n) is 5.30. The molecule has 0 radical (unpaired) electrons. The summed E-state index contributed by atoms with van der Waals surface area (Å²) in [6.45, 7) is 3.94. The largest absolute Gasteiger partial charge is 0.497 e. The minimum Gasteiger partial charge on any atom is -0.497 e. The predicted molar refractivity (Wildman–Crippen MR) is 123 cm³/mol. The number of aryl methyl sites for hydroxylation is 2. The van der Waals surface area contributed by atoms with Crippen molar-refractivity contribution < 1.29 is 14.3 Å². The van der Waals surface area contributed by atoms with E-state index in [1.54, 1.807) is 43.5 Å². The number of hydrogen-bond acceptors (Lipinski definition) is 4. The molecule has 6 heteroatoms. The summed E-state index contributed by atoms with van der Waals surface area (Å²) in [6, 6.07) is 19.6. The zero-order chi connectivity index (χ0) is 22.1. The van der Waals surface area contributed by atoms with E-state index in [4.69, 9.17) is 16.3 Å². The molecule has 1 aliphatic heterocycles. The van der Waals surface area contributed by atoms with Gasteiger partial charge in [-0.05, 0) is 66.9 Å². The summed E-state index contributed by atoms with van der Waals surface area (Å²) in [5.41, 5.74) is 4.38. The molecule has 1 aliphatic rings. The third kappa shape index (κ3) is 3.92. The Labute approximate surface area is 185 Å². The summed E-state index contributed by atoms with van der Waals surface area (Å²) < 4.78 is 5.27. The molecule has 0 spiro atoms. The van der Waals surface area contributed by atoms with E-state index >= 15 is 0 Å². The number of carbonyl (C=O) groups is 2. The molecule has 31 heavy (non-hydrogen) atoms. The van der Waals surface area contributed by atoms with Gasteiger partial charge in [0.2, 0.25) is 0 Å². The molecule has 0 bridgehead atoms. The molecule has 2 amide bonds. The highest BCUT2D eigenvalue weighted by atomic mass is 35.5. The van der Waals surface area contributed by atoms with E-state index in [0.29, 0.717) is 33.3 Å². The van der Waals surface area contributed by atoms with Gasteiger partial charge in [0.15, 0.2) is 0 Å². The quantitative estimate of drug-likeness (QED) is 0.551. The fourth-order valence-corrected chi connectivity index (χ4v) is 3.60. The molecular weight excluding hydrogens is 412 g/mol. The van der Waals surface area contributed by atoms with Crippen molar-refractivity contribution in [3.8, 4) is 5.75 Å². The van der Waals surface area contributed by atoms with E-state index < -0.39 is 5.91 Å². The molecule has 0 aromatic heterocycles. The minimum absolute atomic E-state index is 0.207. The summed E-state index contributed by atoms with van der Waals surface area (Å²) in [7, 11) is 1.57. The zero-order valence-corrected chi connectivity index (χ0v) is 18.2. The molecule has 0 atom stereocenters. The summed E-state index contributed by atoms with van der Waals surface area (Å²) in [5.74, 6) is -0.163. The van der Waals surface area contributed by atoms with Gasteiger partial charge in [0.05, 0.1) is 18.4 Å². The van der Waals surface area contributed by atoms with E-state index in [2.05, 4.69) is 5.32 Å². The highest BCUT2D eigenvalue weighted by Crippen LogP contribution is 2.35. The number of carbonyl (C=O) groups excluding carboxylic acids is 2. The number of imide groups is 1. The lowest BCUT2D eigenvalue weighted by molar-refractivity contribution is -0.120. The SMILES string of the molecule is COc1cccc(NC2=C(c3ccc(Cl)cc3)C(=O)N(c3ccc(C)c(C)c3)C2=O)c1. The van der Waals surface area contributed by atoms with Gasteiger partial charge < -0.3 is 10.1 Å². The van der Waals surface area contributed by atoms with Gasteiger partial charge in [0.25, 0.3) is 11.8 Å². The highest BCUT2D eigenvalue weighted by molar-refractivity contribution is 6.46. The van der Waals surface area contributed by atoms with Crippen LogP contribution in [0.15, 0.2) is 72.4 Å². The van der Waals surface area contributed by atoms with Crippen LogP contribution in [0.1, 0.15) is 16.7 Å². The van der Waals surface area contributed by atoms with E-state index in [9.17, 15) is 9.59 Å². The minimum atomic E-state index is -0.416. The van der Waals surface area contributed by atoms with E-state index in [1.807, 2.05) is 44.2 Å². The first-order valence-electron chi connectivity index (χ1n) is 9.76. The highest BCUT2D eigenvalue weighted by Gasteiger charge is 2.40. The number of hydrogen-bond donors (Lipinski definition) is 1. The molecule has 0 fully saturated rings. The van der Waals surface area contributed by atoms with Crippen molar-refractivity contribution in [1.82, 2.24) is 0 Å². The molecule has 156 valence electrons. The second-order valence-corrected chi connectivity index (χ2v) is 7.76. The molecule has 1 heterocycles. The fraction of sp³-hybridized carbons (Fsp3) is 0.120. The molecule has 3 aromatic carbocycles. The lowest BCUT2D eigenvalue weighted by Crippen LogP contribution is -2.32. The number of methoxy groups -OCH3 is 1. The normalized spacial score (nSPS) is 13.7. The van der Waals surface area contributed by atoms with Crippen LogP contribution >= 0.6 is 11.6 Å². The van der Waals surface area contributed by atoms with Crippen LogP contribution in [0.3, 0.4) is 0 Å². The standard InChI is InChI=1S/C25H21ClN2O3/c1-15-7-12-20(13-16(15)2)28-24(29)22(17-8-10-18(26)11-9-17)23(25(28)30)27-19-5-4-6-21(14-19)31-3/h4-14,27H,1-3H3. The van der Waals surface area contributed by atoms with Gasteiger partial charge in [-0.15, -0.1) is 0 Å². The van der Waals surface area contributed by atoms with Crippen LogP contribution in [0.5, 0.6) is 5.75 Å². The van der Waals surface area contributed by atoms with Gasteiger partial charge in [-0.2, -0.15) is 0 Å². The first-order chi connectivity index (χ1) is 14.9. The number of anilines is 2. The second kappa shape index (κ2) is 8.28. The van der Waals surface area contributed by atoms with Crippen molar-refractivity contribution >= 4 is 40.4 Å². The second-order valence-electron chi connectivity index (χ2n) is 7.33. The Morgan fingerprint density at radius 3 is 2.29 bits per heavy atom. The topological polar surface area (TPSA) is 58.6 Å². The molecule has 0 aliphatic carbocycles. The molecule has 0 saturated heterocycles. The van der Waals surface area contributed by atoms with Gasteiger partial charge >= 0.3 is 0 Å². The van der Waals surface area contributed by atoms with Gasteiger partial charge in [-0.25, -0.2) is 4.90 Å². The average molecular weight is 433 g/mol. The van der Waals surface area contributed by atoms with Crippen LogP contribution in [0.4, 0.5) is 11.4 Å². The number of nitrogens with one attached hydrogen (secondary N) is 1. The zero-order valence-electron chi connectivity index (χ0n) is 17.4. The Bertz CT molecular complexity index is 1220.